The van der Waals surface area contributed by atoms with Crippen LogP contribution in [0.3, 0.4) is 0 Å². The van der Waals surface area contributed by atoms with Gasteiger partial charge in [-0.3, -0.25) is 9.59 Å². The van der Waals surface area contributed by atoms with Crippen LogP contribution in [0.15, 0.2) is 66.7 Å². The van der Waals surface area contributed by atoms with Crippen molar-refractivity contribution in [3.05, 3.63) is 83.4 Å². The lowest BCUT2D eigenvalue weighted by Crippen LogP contribution is -2.12. The second-order valence-corrected chi connectivity index (χ2v) is 8.99. The van der Waals surface area contributed by atoms with Gasteiger partial charge in [0.1, 0.15) is 5.82 Å². The van der Waals surface area contributed by atoms with Crippen molar-refractivity contribution >= 4 is 45.4 Å². The zero-order chi connectivity index (χ0) is 24.5. The monoisotopic (exact) mass is 487 g/mol. The van der Waals surface area contributed by atoms with Crippen LogP contribution in [-0.2, 0) is 0 Å². The molecular formula is C27H22ClN3O4. The molecule has 3 aromatic carbocycles. The fourth-order valence-corrected chi connectivity index (χ4v) is 4.81. The highest BCUT2D eigenvalue weighted by Gasteiger charge is 2.24. The van der Waals surface area contributed by atoms with Crippen molar-refractivity contribution in [2.45, 2.75) is 31.7 Å². The van der Waals surface area contributed by atoms with Crippen LogP contribution in [0.4, 0.5) is 5.69 Å². The van der Waals surface area contributed by atoms with Crippen molar-refractivity contribution in [2.24, 2.45) is 0 Å². The summed E-state index contributed by atoms with van der Waals surface area (Å²) in [5.74, 6) is -0.621. The van der Waals surface area contributed by atoms with E-state index in [9.17, 15) is 19.5 Å². The average Bonchev–Trinajstić information content (AvgIpc) is 3.51. The Labute approximate surface area is 206 Å². The van der Waals surface area contributed by atoms with Gasteiger partial charge in [0.05, 0.1) is 16.6 Å². The van der Waals surface area contributed by atoms with Gasteiger partial charge in [-0.15, -0.1) is 0 Å². The Balaban J connectivity index is 1.53. The highest BCUT2D eigenvalue weighted by molar-refractivity contribution is 6.67. The number of rotatable bonds is 6. The van der Waals surface area contributed by atoms with Gasteiger partial charge in [-0.2, -0.15) is 0 Å². The second-order valence-electron chi connectivity index (χ2n) is 8.64. The van der Waals surface area contributed by atoms with E-state index in [2.05, 4.69) is 9.88 Å². The van der Waals surface area contributed by atoms with Gasteiger partial charge in [0.2, 0.25) is 0 Å². The van der Waals surface area contributed by atoms with Crippen LogP contribution in [0, 0.1) is 0 Å². The zero-order valence-corrected chi connectivity index (χ0v) is 19.5. The Morgan fingerprint density at radius 1 is 0.914 bits per heavy atom. The van der Waals surface area contributed by atoms with Crippen molar-refractivity contribution in [1.82, 2.24) is 9.55 Å². The van der Waals surface area contributed by atoms with Crippen LogP contribution in [0.25, 0.3) is 22.4 Å². The molecule has 1 aliphatic rings. The van der Waals surface area contributed by atoms with Crippen LogP contribution in [0.1, 0.15) is 62.8 Å². The normalized spacial score (nSPS) is 13.7. The average molecular weight is 488 g/mol. The number of carboxylic acid groups (broad SMARTS) is 1. The maximum Gasteiger partial charge on any atom is 0.335 e. The first-order chi connectivity index (χ1) is 16.9. The van der Waals surface area contributed by atoms with E-state index in [1.54, 1.807) is 48.5 Å². The topological polar surface area (TPSA) is 101 Å². The van der Waals surface area contributed by atoms with Gasteiger partial charge < -0.3 is 15.0 Å². The van der Waals surface area contributed by atoms with Crippen molar-refractivity contribution in [1.29, 1.82) is 0 Å². The number of imidazole rings is 1. The molecule has 35 heavy (non-hydrogen) atoms. The highest BCUT2D eigenvalue weighted by atomic mass is 35.5. The number of halogens is 1. The maximum absolute atomic E-state index is 13.0. The Kier molecular flexibility index (Phi) is 6.09. The third-order valence-electron chi connectivity index (χ3n) is 6.36. The summed E-state index contributed by atoms with van der Waals surface area (Å²) < 4.78 is 2.18. The molecule has 0 saturated heterocycles. The Hall–Kier alpha value is -3.97. The minimum absolute atomic E-state index is 0.186. The summed E-state index contributed by atoms with van der Waals surface area (Å²) in [6, 6.07) is 18.9. The number of carboxylic acids is 1. The van der Waals surface area contributed by atoms with E-state index < -0.39 is 11.2 Å². The summed E-state index contributed by atoms with van der Waals surface area (Å²) in [5, 5.41) is 11.6. The molecule has 0 bridgehead atoms. The first-order valence-electron chi connectivity index (χ1n) is 11.4. The second kappa shape index (κ2) is 9.35. The van der Waals surface area contributed by atoms with E-state index >= 15 is 0 Å². The number of fused-ring (bicyclic) bond motifs is 1. The number of aromatic carboxylic acids is 1. The molecule has 7 nitrogen and oxygen atoms in total. The molecule has 5 rings (SSSR count). The van der Waals surface area contributed by atoms with Crippen molar-refractivity contribution in [3.63, 3.8) is 0 Å². The number of carbonyl (C=O) groups is 3. The van der Waals surface area contributed by atoms with Crippen molar-refractivity contribution in [2.75, 3.05) is 5.32 Å². The molecule has 0 radical (unpaired) electrons. The van der Waals surface area contributed by atoms with Crippen LogP contribution < -0.4 is 5.32 Å². The quantitative estimate of drug-likeness (QED) is 0.318. The van der Waals surface area contributed by atoms with E-state index in [0.29, 0.717) is 28.2 Å². The molecule has 1 heterocycles. The predicted octanol–water partition coefficient (Wildman–Crippen LogP) is 6.15. The first-order valence-corrected chi connectivity index (χ1v) is 11.8. The van der Waals surface area contributed by atoms with E-state index in [1.165, 1.54) is 6.07 Å². The number of carbonyl (C=O) groups excluding carboxylic acids is 2. The number of hydrogen-bond acceptors (Lipinski definition) is 4. The molecular weight excluding hydrogens is 466 g/mol. The smallest absolute Gasteiger partial charge is 0.335 e. The fraction of sp³-hybridized carbons (Fsp3) is 0.185. The molecule has 176 valence electrons. The molecule has 1 fully saturated rings. The molecule has 0 atom stereocenters. The van der Waals surface area contributed by atoms with Gasteiger partial charge in [0, 0.05) is 28.4 Å². The fourth-order valence-electron chi connectivity index (χ4n) is 4.69. The molecule has 8 heteroatoms. The summed E-state index contributed by atoms with van der Waals surface area (Å²) in [7, 11) is 0. The maximum atomic E-state index is 13.0. The number of anilines is 1. The standard InChI is InChI=1S/C27H22ClN3O4/c28-24(32)16-5-4-8-20(14-16)29-26(33)18-7-3-6-17(13-18)25-30-22-15-19(27(34)35)11-12-23(22)31(25)21-9-1-2-10-21/h3-8,11-15,21H,1-2,9-10H2,(H,29,33)(H,34,35). The molecule has 0 aliphatic heterocycles. The van der Waals surface area contributed by atoms with Gasteiger partial charge in [-0.25, -0.2) is 9.78 Å². The molecule has 1 aromatic heterocycles. The largest absolute Gasteiger partial charge is 0.478 e. The number of benzene rings is 3. The van der Waals surface area contributed by atoms with Crippen LogP contribution >= 0.6 is 11.6 Å². The molecule has 1 amide bonds. The summed E-state index contributed by atoms with van der Waals surface area (Å²) in [5.41, 5.74) is 3.64. The van der Waals surface area contributed by atoms with Gasteiger partial charge in [-0.1, -0.05) is 31.0 Å². The zero-order valence-electron chi connectivity index (χ0n) is 18.7. The van der Waals surface area contributed by atoms with Gasteiger partial charge >= 0.3 is 5.97 Å². The SMILES string of the molecule is O=C(O)c1ccc2c(c1)nc(-c1cccc(C(=O)Nc3cccc(C(=O)Cl)c3)c1)n2C1CCCC1. The third-order valence-corrected chi connectivity index (χ3v) is 6.57. The number of nitrogens with one attached hydrogen (secondary N) is 1. The molecule has 0 unspecified atom stereocenters. The third kappa shape index (κ3) is 4.55. The number of aromatic nitrogens is 2. The molecule has 4 aromatic rings. The van der Waals surface area contributed by atoms with Crippen LogP contribution in [-0.4, -0.2) is 31.8 Å². The lowest BCUT2D eigenvalue weighted by atomic mass is 10.1. The predicted molar refractivity (Wildman–Crippen MR) is 134 cm³/mol. The first kappa shape index (κ1) is 22.8. The van der Waals surface area contributed by atoms with Gasteiger partial charge in [0.25, 0.3) is 11.1 Å². The summed E-state index contributed by atoms with van der Waals surface area (Å²) in [4.78, 5) is 40.7. The highest BCUT2D eigenvalue weighted by Crippen LogP contribution is 2.37. The number of hydrogen-bond donors (Lipinski definition) is 2. The van der Waals surface area contributed by atoms with Crippen molar-refractivity contribution < 1.29 is 19.5 Å². The van der Waals surface area contributed by atoms with E-state index in [-0.39, 0.29) is 17.5 Å². The Bertz CT molecular complexity index is 1470. The van der Waals surface area contributed by atoms with E-state index in [4.69, 9.17) is 16.6 Å². The van der Waals surface area contributed by atoms with E-state index in [1.807, 2.05) is 12.1 Å². The van der Waals surface area contributed by atoms with Gasteiger partial charge in [-0.05, 0) is 73.0 Å². The Morgan fingerprint density at radius 3 is 2.40 bits per heavy atom. The lowest BCUT2D eigenvalue weighted by Gasteiger charge is -2.17. The lowest BCUT2D eigenvalue weighted by molar-refractivity contribution is 0.0696. The summed E-state index contributed by atoms with van der Waals surface area (Å²) in [6.45, 7) is 0. The molecule has 1 aliphatic carbocycles. The Morgan fingerprint density at radius 2 is 1.66 bits per heavy atom. The van der Waals surface area contributed by atoms with Gasteiger partial charge in [0.15, 0.2) is 0 Å². The van der Waals surface area contributed by atoms with E-state index in [0.717, 1.165) is 36.8 Å². The summed E-state index contributed by atoms with van der Waals surface area (Å²) in [6.07, 6.45) is 4.30. The van der Waals surface area contributed by atoms with Crippen LogP contribution in [0.5, 0.6) is 0 Å². The number of nitrogens with zero attached hydrogens (tertiary/aromatic N) is 2. The molecule has 1 saturated carbocycles. The van der Waals surface area contributed by atoms with Crippen molar-refractivity contribution in [3.8, 4) is 11.4 Å². The molecule has 2 N–H and O–H groups in total. The minimum atomic E-state index is -0.998. The summed E-state index contributed by atoms with van der Waals surface area (Å²) >= 11 is 5.55. The minimum Gasteiger partial charge on any atom is -0.478 e. The van der Waals surface area contributed by atoms with Crippen LogP contribution in [0.2, 0.25) is 0 Å². The molecule has 0 spiro atoms. The number of amides is 1.